The molecule has 2 N–H and O–H groups in total. The maximum Gasteiger partial charge on any atom is 0.272 e. The van der Waals surface area contributed by atoms with Crippen molar-refractivity contribution in [2.24, 2.45) is 11.8 Å². The van der Waals surface area contributed by atoms with Gasteiger partial charge in [0, 0.05) is 44.2 Å². The number of carbonyl (C=O) groups excluding carboxylic acids is 2. The summed E-state index contributed by atoms with van der Waals surface area (Å²) < 4.78 is 0. The molecule has 2 aliphatic heterocycles. The number of hydrogen-bond donors (Lipinski definition) is 2. The van der Waals surface area contributed by atoms with Crippen LogP contribution in [0.3, 0.4) is 0 Å². The van der Waals surface area contributed by atoms with Gasteiger partial charge in [-0.1, -0.05) is 36.8 Å². The van der Waals surface area contributed by atoms with Gasteiger partial charge in [-0.05, 0) is 82.4 Å². The summed E-state index contributed by atoms with van der Waals surface area (Å²) in [4.78, 5) is 38.8. The van der Waals surface area contributed by atoms with Crippen molar-refractivity contribution in [2.75, 3.05) is 45.1 Å². The molecule has 210 valence electrons. The molecule has 0 bridgehead atoms. The number of aromatic nitrogens is 2. The van der Waals surface area contributed by atoms with E-state index in [1.807, 2.05) is 11.8 Å². The third kappa shape index (κ3) is 6.60. The molecule has 39 heavy (non-hydrogen) atoms. The average Bonchev–Trinajstić information content (AvgIpc) is 3.00. The zero-order valence-corrected chi connectivity index (χ0v) is 23.6. The number of carbonyl (C=O) groups is 2. The van der Waals surface area contributed by atoms with Crippen LogP contribution in [0, 0.1) is 18.8 Å². The Hall–Kier alpha value is -3.00. The second-order valence-electron chi connectivity index (χ2n) is 11.7. The molecule has 8 heteroatoms. The summed E-state index contributed by atoms with van der Waals surface area (Å²) in [6, 6.07) is 11.4. The molecule has 1 unspecified atom stereocenters. The molecule has 3 fully saturated rings. The maximum absolute atomic E-state index is 13.5. The van der Waals surface area contributed by atoms with Crippen molar-refractivity contribution in [3.63, 3.8) is 0 Å². The van der Waals surface area contributed by atoms with Crippen molar-refractivity contribution in [2.45, 2.75) is 70.3 Å². The predicted molar refractivity (Wildman–Crippen MR) is 154 cm³/mol. The minimum atomic E-state index is 0.0107. The van der Waals surface area contributed by atoms with Crippen LogP contribution < -0.4 is 10.6 Å². The summed E-state index contributed by atoms with van der Waals surface area (Å²) >= 11 is 0. The Morgan fingerprint density at radius 2 is 1.69 bits per heavy atom. The predicted octanol–water partition coefficient (Wildman–Crippen LogP) is 4.23. The lowest BCUT2D eigenvalue weighted by Crippen LogP contribution is -2.50. The molecule has 2 atom stereocenters. The second-order valence-corrected chi connectivity index (χ2v) is 11.7. The lowest BCUT2D eigenvalue weighted by Gasteiger charge is -2.41. The van der Waals surface area contributed by atoms with Gasteiger partial charge in [0.25, 0.3) is 5.91 Å². The molecule has 0 spiro atoms. The lowest BCUT2D eigenvalue weighted by molar-refractivity contribution is -0.126. The highest BCUT2D eigenvalue weighted by Gasteiger charge is 2.32. The quantitative estimate of drug-likeness (QED) is 0.555. The van der Waals surface area contributed by atoms with Gasteiger partial charge in [0.15, 0.2) is 0 Å². The minimum absolute atomic E-state index is 0.0107. The van der Waals surface area contributed by atoms with Crippen molar-refractivity contribution in [1.82, 2.24) is 25.1 Å². The van der Waals surface area contributed by atoms with Crippen LogP contribution in [0.15, 0.2) is 36.7 Å². The van der Waals surface area contributed by atoms with Gasteiger partial charge in [-0.25, -0.2) is 9.97 Å². The van der Waals surface area contributed by atoms with E-state index in [9.17, 15) is 9.59 Å². The number of amides is 2. The number of benzene rings is 1. The fraction of sp³-hybridized carbons (Fsp3) is 0.613. The molecule has 8 nitrogen and oxygen atoms in total. The summed E-state index contributed by atoms with van der Waals surface area (Å²) in [5, 5.41) is 6.35. The number of likely N-dealkylation sites (tertiary alicyclic amines) is 2. The van der Waals surface area contributed by atoms with Crippen molar-refractivity contribution in [1.29, 1.82) is 0 Å². The Labute approximate surface area is 233 Å². The number of hydrogen-bond acceptors (Lipinski definition) is 6. The number of anilines is 1. The van der Waals surface area contributed by atoms with E-state index in [1.165, 1.54) is 37.6 Å². The van der Waals surface area contributed by atoms with Crippen LogP contribution in [-0.2, 0) is 4.79 Å². The van der Waals surface area contributed by atoms with Gasteiger partial charge in [-0.2, -0.15) is 0 Å². The highest BCUT2D eigenvalue weighted by Crippen LogP contribution is 2.36. The van der Waals surface area contributed by atoms with Crippen LogP contribution in [0.2, 0.25) is 0 Å². The number of nitrogens with zero attached hydrogens (tertiary/aromatic N) is 4. The van der Waals surface area contributed by atoms with Gasteiger partial charge in [0.2, 0.25) is 5.91 Å². The highest BCUT2D eigenvalue weighted by molar-refractivity contribution is 5.94. The molecule has 1 aromatic heterocycles. The van der Waals surface area contributed by atoms with Crippen molar-refractivity contribution in [3.8, 4) is 0 Å². The van der Waals surface area contributed by atoms with Crippen molar-refractivity contribution >= 4 is 17.6 Å². The molecular formula is C31H44N6O2. The lowest BCUT2D eigenvalue weighted by atomic mass is 9.78. The van der Waals surface area contributed by atoms with Crippen LogP contribution in [0.25, 0.3) is 0 Å². The van der Waals surface area contributed by atoms with Crippen molar-refractivity contribution < 1.29 is 9.59 Å². The Bertz CT molecular complexity index is 1110. The molecule has 1 saturated carbocycles. The molecule has 1 aliphatic carbocycles. The fourth-order valence-corrected chi connectivity index (χ4v) is 6.90. The van der Waals surface area contributed by atoms with E-state index in [0.717, 1.165) is 69.8 Å². The van der Waals surface area contributed by atoms with Crippen LogP contribution in [0.4, 0.5) is 5.82 Å². The van der Waals surface area contributed by atoms with Crippen LogP contribution in [0.1, 0.15) is 78.9 Å². The molecule has 3 aliphatic rings. The highest BCUT2D eigenvalue weighted by atomic mass is 16.2. The minimum Gasteiger partial charge on any atom is -0.369 e. The molecule has 0 radical (unpaired) electrons. The second kappa shape index (κ2) is 12.9. The van der Waals surface area contributed by atoms with Gasteiger partial charge in [0.1, 0.15) is 17.8 Å². The van der Waals surface area contributed by atoms with E-state index in [4.69, 9.17) is 0 Å². The molecular weight excluding hydrogens is 488 g/mol. The normalized spacial score (nSPS) is 23.4. The van der Waals surface area contributed by atoms with Crippen LogP contribution in [0.5, 0.6) is 0 Å². The Balaban J connectivity index is 1.12. The largest absolute Gasteiger partial charge is 0.369 e. The van der Waals surface area contributed by atoms with E-state index in [0.29, 0.717) is 23.6 Å². The first-order valence-corrected chi connectivity index (χ1v) is 14.9. The van der Waals surface area contributed by atoms with Gasteiger partial charge in [-0.3, -0.25) is 9.59 Å². The summed E-state index contributed by atoms with van der Waals surface area (Å²) in [7, 11) is 1.72. The molecule has 2 aromatic rings. The zero-order valence-electron chi connectivity index (χ0n) is 23.6. The van der Waals surface area contributed by atoms with Crippen LogP contribution >= 0.6 is 0 Å². The summed E-state index contributed by atoms with van der Waals surface area (Å²) in [6.45, 7) is 6.25. The van der Waals surface area contributed by atoms with Crippen LogP contribution in [-0.4, -0.2) is 77.4 Å². The number of piperidine rings is 2. The van der Waals surface area contributed by atoms with E-state index in [2.05, 4.69) is 55.8 Å². The monoisotopic (exact) mass is 532 g/mol. The third-order valence-corrected chi connectivity index (χ3v) is 9.31. The molecule has 1 aromatic carbocycles. The fourth-order valence-electron chi connectivity index (χ4n) is 6.90. The van der Waals surface area contributed by atoms with Gasteiger partial charge < -0.3 is 20.4 Å². The Morgan fingerprint density at radius 3 is 2.41 bits per heavy atom. The third-order valence-electron chi connectivity index (χ3n) is 9.31. The first kappa shape index (κ1) is 27.6. The standard InChI is InChI=1S/C31H44N6O2/c1-22-28(31(39)37-17-13-27(14-18-37)36-15-11-25(12-16-36)30(38)32-2)34-21-35-29(22)33-20-23-7-6-10-26(19-23)24-8-4-3-5-9-24/h3-5,8-9,21,23,25-27H,6-7,10-20H2,1-2H3,(H,32,38)(H,33,34,35)/t23?,26-/m1/s1. The zero-order chi connectivity index (χ0) is 27.2. The van der Waals surface area contributed by atoms with Gasteiger partial charge in [-0.15, -0.1) is 0 Å². The maximum atomic E-state index is 13.5. The van der Waals surface area contributed by atoms with Gasteiger partial charge >= 0.3 is 0 Å². The SMILES string of the molecule is CNC(=O)C1CCN(C2CCN(C(=O)c3ncnc(NCC4CCC[C@@H](c5ccccc5)C4)c3C)CC2)CC1. The average molecular weight is 533 g/mol. The van der Waals surface area contributed by atoms with Gasteiger partial charge in [0.05, 0.1) is 0 Å². The van der Waals surface area contributed by atoms with E-state index >= 15 is 0 Å². The van der Waals surface area contributed by atoms with E-state index in [-0.39, 0.29) is 17.7 Å². The number of rotatable bonds is 7. The topological polar surface area (TPSA) is 90.5 Å². The smallest absolute Gasteiger partial charge is 0.272 e. The molecule has 2 amide bonds. The van der Waals surface area contributed by atoms with E-state index in [1.54, 1.807) is 7.05 Å². The Kier molecular flexibility index (Phi) is 9.12. The molecule has 2 saturated heterocycles. The summed E-state index contributed by atoms with van der Waals surface area (Å²) in [6.07, 6.45) is 10.2. The summed E-state index contributed by atoms with van der Waals surface area (Å²) in [5.41, 5.74) is 2.81. The first-order chi connectivity index (χ1) is 19.0. The molecule has 5 rings (SSSR count). The Morgan fingerprint density at radius 1 is 0.949 bits per heavy atom. The number of nitrogens with one attached hydrogen (secondary N) is 2. The van der Waals surface area contributed by atoms with E-state index < -0.39 is 0 Å². The van der Waals surface area contributed by atoms with Crippen molar-refractivity contribution in [3.05, 3.63) is 53.5 Å². The first-order valence-electron chi connectivity index (χ1n) is 14.9. The summed E-state index contributed by atoms with van der Waals surface area (Å²) in [5.74, 6) is 2.32. The molecule has 3 heterocycles.